The van der Waals surface area contributed by atoms with Crippen LogP contribution < -0.4 is 0 Å². The Labute approximate surface area is 132 Å². The molecule has 1 aromatic rings. The molecular weight excluding hydrogens is 341 g/mol. The minimum absolute atomic E-state index is 0.0246. The van der Waals surface area contributed by atoms with Crippen molar-refractivity contribution in [1.29, 1.82) is 0 Å². The molecule has 0 radical (unpaired) electrons. The first kappa shape index (κ1) is 16.3. The Kier molecular flexibility index (Phi) is 4.92. The van der Waals surface area contributed by atoms with Gasteiger partial charge in [-0.3, -0.25) is 0 Å². The Bertz CT molecular complexity index is 645. The summed E-state index contributed by atoms with van der Waals surface area (Å²) in [4.78, 5) is 16.5. The van der Waals surface area contributed by atoms with Gasteiger partial charge in [-0.25, -0.2) is 18.2 Å². The number of ether oxygens (including phenoxy) is 1. The van der Waals surface area contributed by atoms with Crippen molar-refractivity contribution in [3.63, 3.8) is 0 Å². The summed E-state index contributed by atoms with van der Waals surface area (Å²) in [7, 11) is -2.42. The van der Waals surface area contributed by atoms with Gasteiger partial charge in [0.2, 0.25) is 10.0 Å². The molecule has 1 amide bonds. The fourth-order valence-corrected chi connectivity index (χ4v) is 3.66. The molecule has 0 atom stereocenters. The lowest BCUT2D eigenvalue weighted by Crippen LogP contribution is -2.50. The lowest BCUT2D eigenvalue weighted by Gasteiger charge is -2.32. The highest BCUT2D eigenvalue weighted by molar-refractivity contribution is 7.89. The number of hydrogen-bond acceptors (Lipinski definition) is 5. The Hall–Kier alpha value is -1.09. The summed E-state index contributed by atoms with van der Waals surface area (Å²) in [6.07, 6.45) is 0.694. The van der Waals surface area contributed by atoms with Crippen molar-refractivity contribution in [2.45, 2.75) is 4.90 Å². The van der Waals surface area contributed by atoms with E-state index in [1.54, 1.807) is 0 Å². The number of halogens is 2. The van der Waals surface area contributed by atoms with Crippen molar-refractivity contribution >= 4 is 39.3 Å². The zero-order chi connectivity index (χ0) is 15.6. The molecule has 0 aliphatic carbocycles. The van der Waals surface area contributed by atoms with E-state index in [0.29, 0.717) is 0 Å². The molecule has 7 nitrogen and oxygen atoms in total. The number of carbonyl (C=O) groups excluding carboxylic acids is 1. The van der Waals surface area contributed by atoms with Gasteiger partial charge >= 0.3 is 6.09 Å². The molecule has 1 aliphatic heterocycles. The maximum absolute atomic E-state index is 12.4. The molecule has 0 saturated carbocycles. The number of nitrogens with zero attached hydrogens (tertiary/aromatic N) is 3. The summed E-state index contributed by atoms with van der Waals surface area (Å²) >= 11 is 11.5. The zero-order valence-corrected chi connectivity index (χ0v) is 13.5. The molecule has 1 aromatic heterocycles. The highest BCUT2D eigenvalue weighted by atomic mass is 35.5. The van der Waals surface area contributed by atoms with Gasteiger partial charge in [-0.1, -0.05) is 23.2 Å². The van der Waals surface area contributed by atoms with Crippen LogP contribution in [0.5, 0.6) is 0 Å². The summed E-state index contributed by atoms with van der Waals surface area (Å²) in [6, 6.07) is 1.26. The third kappa shape index (κ3) is 3.39. The fraction of sp³-hybridized carbons (Fsp3) is 0.455. The van der Waals surface area contributed by atoms with E-state index >= 15 is 0 Å². The van der Waals surface area contributed by atoms with E-state index in [4.69, 9.17) is 23.2 Å². The van der Waals surface area contributed by atoms with Crippen LogP contribution in [-0.2, 0) is 14.8 Å². The molecule has 2 heterocycles. The predicted octanol–water partition coefficient (Wildman–Crippen LogP) is 1.46. The second kappa shape index (κ2) is 6.35. The van der Waals surface area contributed by atoms with E-state index in [0.717, 1.165) is 6.20 Å². The van der Waals surface area contributed by atoms with Gasteiger partial charge in [-0.15, -0.1) is 0 Å². The predicted molar refractivity (Wildman–Crippen MR) is 77.0 cm³/mol. The van der Waals surface area contributed by atoms with Gasteiger partial charge < -0.3 is 9.64 Å². The average molecular weight is 354 g/mol. The number of pyridine rings is 1. The van der Waals surface area contributed by atoms with Gasteiger partial charge in [0, 0.05) is 32.4 Å². The minimum Gasteiger partial charge on any atom is -0.453 e. The Morgan fingerprint density at radius 1 is 1.29 bits per heavy atom. The second-order valence-electron chi connectivity index (χ2n) is 4.30. The first-order valence-electron chi connectivity index (χ1n) is 6.00. The fourth-order valence-electron chi connectivity index (χ4n) is 1.93. The number of carbonyl (C=O) groups is 1. The summed E-state index contributed by atoms with van der Waals surface area (Å²) in [6.45, 7) is 0.886. The molecule has 2 rings (SSSR count). The molecule has 0 bridgehead atoms. The standard InChI is InChI=1S/C11H13Cl2N3O4S/c1-20-11(17)15-2-4-16(5-3-15)21(18,19)8-6-9(12)10(13)14-7-8/h6-7H,2-5H2,1H3. The van der Waals surface area contributed by atoms with E-state index < -0.39 is 16.1 Å². The van der Waals surface area contributed by atoms with Crippen molar-refractivity contribution in [2.75, 3.05) is 33.3 Å². The summed E-state index contributed by atoms with van der Waals surface area (Å²) in [5.74, 6) is 0. The molecule has 1 fully saturated rings. The number of hydrogen-bond donors (Lipinski definition) is 0. The van der Waals surface area contributed by atoms with Crippen LogP contribution in [0.1, 0.15) is 0 Å². The van der Waals surface area contributed by atoms with E-state index in [9.17, 15) is 13.2 Å². The Morgan fingerprint density at radius 3 is 2.43 bits per heavy atom. The summed E-state index contributed by atoms with van der Waals surface area (Å²) < 4.78 is 30.8. The summed E-state index contributed by atoms with van der Waals surface area (Å²) in [5.41, 5.74) is 0. The van der Waals surface area contributed by atoms with E-state index in [1.807, 2.05) is 0 Å². The number of sulfonamides is 1. The van der Waals surface area contributed by atoms with Crippen LogP contribution in [0.15, 0.2) is 17.2 Å². The first-order chi connectivity index (χ1) is 9.86. The van der Waals surface area contributed by atoms with Crippen LogP contribution in [0.2, 0.25) is 10.2 Å². The van der Waals surface area contributed by atoms with Gasteiger partial charge in [-0.05, 0) is 6.07 Å². The van der Waals surface area contributed by atoms with Crippen molar-refractivity contribution in [1.82, 2.24) is 14.2 Å². The third-order valence-electron chi connectivity index (χ3n) is 3.08. The minimum atomic E-state index is -3.71. The van der Waals surface area contributed by atoms with Crippen molar-refractivity contribution < 1.29 is 17.9 Å². The van der Waals surface area contributed by atoms with Crippen LogP contribution in [0, 0.1) is 0 Å². The monoisotopic (exact) mass is 353 g/mol. The molecule has 0 N–H and O–H groups in total. The number of piperazine rings is 1. The zero-order valence-electron chi connectivity index (χ0n) is 11.1. The first-order valence-corrected chi connectivity index (χ1v) is 8.20. The number of rotatable bonds is 2. The molecule has 1 saturated heterocycles. The maximum atomic E-state index is 12.4. The van der Waals surface area contributed by atoms with Gasteiger partial charge in [0.1, 0.15) is 10.0 Å². The Balaban J connectivity index is 2.14. The second-order valence-corrected chi connectivity index (χ2v) is 7.01. The van der Waals surface area contributed by atoms with Gasteiger partial charge in [0.25, 0.3) is 0 Å². The highest BCUT2D eigenvalue weighted by Crippen LogP contribution is 2.24. The number of amides is 1. The molecular formula is C11H13Cl2N3O4S. The van der Waals surface area contributed by atoms with Crippen molar-refractivity contribution in [3.8, 4) is 0 Å². The lowest BCUT2D eigenvalue weighted by atomic mass is 10.4. The molecule has 0 aromatic carbocycles. The number of aromatic nitrogens is 1. The Morgan fingerprint density at radius 2 is 1.90 bits per heavy atom. The highest BCUT2D eigenvalue weighted by Gasteiger charge is 2.31. The molecule has 116 valence electrons. The van der Waals surface area contributed by atoms with Crippen LogP contribution in [0.25, 0.3) is 0 Å². The third-order valence-corrected chi connectivity index (χ3v) is 5.63. The quantitative estimate of drug-likeness (QED) is 0.752. The van der Waals surface area contributed by atoms with Crippen LogP contribution in [0.3, 0.4) is 0 Å². The average Bonchev–Trinajstić information content (AvgIpc) is 2.49. The van der Waals surface area contributed by atoms with Crippen LogP contribution >= 0.6 is 23.2 Å². The molecule has 1 aliphatic rings. The molecule has 0 spiro atoms. The van der Waals surface area contributed by atoms with E-state index in [-0.39, 0.29) is 41.3 Å². The van der Waals surface area contributed by atoms with E-state index in [2.05, 4.69) is 9.72 Å². The smallest absolute Gasteiger partial charge is 0.409 e. The number of methoxy groups -OCH3 is 1. The maximum Gasteiger partial charge on any atom is 0.409 e. The lowest BCUT2D eigenvalue weighted by molar-refractivity contribution is 0.108. The molecule has 21 heavy (non-hydrogen) atoms. The largest absolute Gasteiger partial charge is 0.453 e. The van der Waals surface area contributed by atoms with Gasteiger partial charge in [0.15, 0.2) is 0 Å². The SMILES string of the molecule is COC(=O)N1CCN(S(=O)(=O)c2cnc(Cl)c(Cl)c2)CC1. The van der Waals surface area contributed by atoms with E-state index in [1.165, 1.54) is 22.4 Å². The molecule has 0 unspecified atom stereocenters. The van der Waals surface area contributed by atoms with Gasteiger partial charge in [-0.2, -0.15) is 4.31 Å². The van der Waals surface area contributed by atoms with Crippen LogP contribution in [0.4, 0.5) is 4.79 Å². The van der Waals surface area contributed by atoms with Crippen LogP contribution in [-0.4, -0.2) is 62.0 Å². The topological polar surface area (TPSA) is 79.8 Å². The van der Waals surface area contributed by atoms with Gasteiger partial charge in [0.05, 0.1) is 12.1 Å². The normalized spacial score (nSPS) is 16.8. The van der Waals surface area contributed by atoms with Crippen molar-refractivity contribution in [2.24, 2.45) is 0 Å². The summed E-state index contributed by atoms with van der Waals surface area (Å²) in [5, 5.41) is 0.122. The van der Waals surface area contributed by atoms with Crippen molar-refractivity contribution in [3.05, 3.63) is 22.4 Å². The molecule has 10 heteroatoms.